The summed E-state index contributed by atoms with van der Waals surface area (Å²) in [6, 6.07) is 0. The second-order valence-corrected chi connectivity index (χ2v) is 0. The van der Waals surface area contributed by atoms with Crippen molar-refractivity contribution in [2.75, 3.05) is 0 Å². The van der Waals surface area contributed by atoms with Crippen LogP contribution >= 0.6 is 0 Å². The average molecular weight is 129 g/mol. The first kappa shape index (κ1) is 40.0. The van der Waals surface area contributed by atoms with Crippen molar-refractivity contribution < 1.29 is 26.7 Å². The monoisotopic (exact) mass is 129 g/mol. The Bertz CT molecular complexity index is 10.8. The first-order valence-electron chi connectivity index (χ1n) is 0.471. The predicted octanol–water partition coefficient (Wildman–Crippen LogP) is -0.100. The predicted molar refractivity (Wildman–Crippen MR) is 19.9 cm³/mol. The Kier molecular flexibility index (Phi) is 24400. The van der Waals surface area contributed by atoms with E-state index in [2.05, 4.69) is 13.6 Å². The molecule has 0 spiro atoms. The maximum atomic E-state index is 7.75. The molecule has 0 saturated carbocycles. The molecule has 0 saturated heterocycles. The summed E-state index contributed by atoms with van der Waals surface area (Å²) in [6.45, 7) is 6.50. The molecule has 2 nitrogen and oxygen atoms in total. The minimum atomic E-state index is 0. The van der Waals surface area contributed by atoms with E-state index in [1.54, 1.807) is 0 Å². The number of rotatable bonds is 0. The van der Waals surface area contributed by atoms with Crippen LogP contribution in [-0.4, -0.2) is 13.6 Å². The SMILES string of the molecule is [CH-]=O.[CH-]=O.[CH3-].[Fe+3]. The quantitative estimate of drug-likeness (QED) is 0.260. The van der Waals surface area contributed by atoms with Gasteiger partial charge in [0.2, 0.25) is 0 Å². The Morgan fingerprint density at radius 2 is 0.833 bits per heavy atom. The third-order valence-electron chi connectivity index (χ3n) is 0. The van der Waals surface area contributed by atoms with Crippen LogP contribution in [-0.2, 0) is 26.7 Å². The minimum absolute atomic E-state index is 0. The van der Waals surface area contributed by atoms with Crippen LogP contribution in [0.25, 0.3) is 0 Å². The Hall–Kier alpha value is -0.141. The molecule has 0 aliphatic carbocycles. The molecule has 0 atom stereocenters. The zero-order valence-electron chi connectivity index (χ0n) is 3.32. The first-order chi connectivity index (χ1) is 2.00. The fourth-order valence-electron chi connectivity index (χ4n) is 0. The van der Waals surface area contributed by atoms with Gasteiger partial charge < -0.3 is 17.0 Å². The summed E-state index contributed by atoms with van der Waals surface area (Å²) >= 11 is 0. The van der Waals surface area contributed by atoms with E-state index in [1.807, 2.05) is 0 Å². The van der Waals surface area contributed by atoms with Crippen LogP contribution in [0.2, 0.25) is 0 Å². The smallest absolute Gasteiger partial charge is 0.545 e. The third kappa shape index (κ3) is 1600. The van der Waals surface area contributed by atoms with Crippen molar-refractivity contribution in [3.8, 4) is 0 Å². The molecule has 0 heterocycles. The van der Waals surface area contributed by atoms with Gasteiger partial charge in [0.1, 0.15) is 0 Å². The number of hydrogen-bond donors (Lipinski definition) is 0. The molecule has 0 bridgehead atoms. The maximum Gasteiger partial charge on any atom is 3.00 e. The topological polar surface area (TPSA) is 34.1 Å². The Morgan fingerprint density at radius 1 is 0.833 bits per heavy atom. The molecule has 6 heavy (non-hydrogen) atoms. The van der Waals surface area contributed by atoms with E-state index in [4.69, 9.17) is 9.59 Å². The van der Waals surface area contributed by atoms with E-state index in [-0.39, 0.29) is 24.5 Å². The fraction of sp³-hybridized carbons (Fsp3) is 0. The van der Waals surface area contributed by atoms with E-state index < -0.39 is 0 Å². The first-order valence-corrected chi connectivity index (χ1v) is 0.471. The molecule has 0 aromatic rings. The van der Waals surface area contributed by atoms with Crippen LogP contribution in [0, 0.1) is 7.43 Å². The van der Waals surface area contributed by atoms with Gasteiger partial charge in [0, 0.05) is 0 Å². The van der Waals surface area contributed by atoms with Crippen molar-refractivity contribution >= 4 is 13.6 Å². The summed E-state index contributed by atoms with van der Waals surface area (Å²) in [5, 5.41) is 0. The largest absolute Gasteiger partial charge is 3.00 e. The van der Waals surface area contributed by atoms with Gasteiger partial charge in [-0.05, 0) is 0 Å². The van der Waals surface area contributed by atoms with Gasteiger partial charge in [0.15, 0.2) is 0 Å². The Labute approximate surface area is 48.4 Å². The summed E-state index contributed by atoms with van der Waals surface area (Å²) in [5.41, 5.74) is 0. The van der Waals surface area contributed by atoms with E-state index in [1.165, 1.54) is 0 Å². The molecule has 0 unspecified atom stereocenters. The van der Waals surface area contributed by atoms with Gasteiger partial charge in [0.25, 0.3) is 0 Å². The molecule has 0 aliphatic rings. The van der Waals surface area contributed by atoms with Crippen LogP contribution in [0.5, 0.6) is 0 Å². The zero-order chi connectivity index (χ0) is 4.00. The van der Waals surface area contributed by atoms with Crippen LogP contribution in [0.1, 0.15) is 0 Å². The maximum absolute atomic E-state index is 7.75. The van der Waals surface area contributed by atoms with Gasteiger partial charge >= 0.3 is 17.1 Å². The van der Waals surface area contributed by atoms with Crippen LogP contribution in [0.4, 0.5) is 0 Å². The summed E-state index contributed by atoms with van der Waals surface area (Å²) in [6.07, 6.45) is 0. The average Bonchev–Trinajstić information content (AvgIpc) is 1.50. The normalized spacial score (nSPS) is 1.33. The van der Waals surface area contributed by atoms with E-state index in [0.717, 1.165) is 0 Å². The van der Waals surface area contributed by atoms with E-state index >= 15 is 0 Å². The Balaban J connectivity index is -0.00000000500. The van der Waals surface area contributed by atoms with Gasteiger partial charge in [-0.3, -0.25) is 13.6 Å². The van der Waals surface area contributed by atoms with E-state index in [9.17, 15) is 0 Å². The van der Waals surface area contributed by atoms with Gasteiger partial charge in [-0.2, -0.15) is 0 Å². The molecule has 0 aliphatic heterocycles. The molecule has 0 fully saturated rings. The van der Waals surface area contributed by atoms with Crippen molar-refractivity contribution in [2.45, 2.75) is 0 Å². The fourth-order valence-corrected chi connectivity index (χ4v) is 0. The second kappa shape index (κ2) is 3670. The summed E-state index contributed by atoms with van der Waals surface area (Å²) in [7, 11) is 0. The van der Waals surface area contributed by atoms with E-state index in [0.29, 0.717) is 0 Å². The molecule has 0 N–H and O–H groups in total. The van der Waals surface area contributed by atoms with Crippen LogP contribution in [0.3, 0.4) is 0 Å². The van der Waals surface area contributed by atoms with Crippen molar-refractivity contribution in [1.82, 2.24) is 0 Å². The summed E-state index contributed by atoms with van der Waals surface area (Å²) in [5.74, 6) is 0. The standard InChI is InChI=1S/2CHO.CH3.Fe/c2*1-2;;/h2*1H;1H3;/q3*-1;+3. The molecule has 0 rings (SSSR count). The van der Waals surface area contributed by atoms with Gasteiger partial charge in [-0.1, -0.05) is 0 Å². The molecule has 1 radical (unpaired) electrons. The molecular weight excluding hydrogens is 124 g/mol. The molecule has 0 aromatic carbocycles. The van der Waals surface area contributed by atoms with Crippen molar-refractivity contribution in [2.24, 2.45) is 0 Å². The molecule has 37 valence electrons. The van der Waals surface area contributed by atoms with Gasteiger partial charge in [-0.25, -0.2) is 0 Å². The molecule has 0 amide bonds. The zero-order valence-corrected chi connectivity index (χ0v) is 4.43. The van der Waals surface area contributed by atoms with Crippen LogP contribution < -0.4 is 0 Å². The second-order valence-electron chi connectivity index (χ2n) is 0. The summed E-state index contributed by atoms with van der Waals surface area (Å²) < 4.78 is 0. The number of carbonyl (C=O) groups excluding carboxylic acids is 2. The van der Waals surface area contributed by atoms with Crippen molar-refractivity contribution in [3.63, 3.8) is 0 Å². The van der Waals surface area contributed by atoms with Gasteiger partial charge in [-0.15, -0.1) is 0 Å². The van der Waals surface area contributed by atoms with Crippen molar-refractivity contribution in [3.05, 3.63) is 7.43 Å². The molecule has 3 heteroatoms. The van der Waals surface area contributed by atoms with Crippen molar-refractivity contribution in [1.29, 1.82) is 0 Å². The minimum Gasteiger partial charge on any atom is -0.545 e. The van der Waals surface area contributed by atoms with Gasteiger partial charge in [0.05, 0.1) is 0 Å². The Morgan fingerprint density at radius 3 is 0.833 bits per heavy atom. The third-order valence-corrected chi connectivity index (χ3v) is 0. The number of hydrogen-bond acceptors (Lipinski definition) is 2. The molecular formula is C3H5FeO2. The summed E-state index contributed by atoms with van der Waals surface area (Å²) in [4.78, 5) is 15.5. The molecule has 0 aromatic heterocycles. The van der Waals surface area contributed by atoms with Crippen LogP contribution in [0.15, 0.2) is 0 Å².